The summed E-state index contributed by atoms with van der Waals surface area (Å²) in [5, 5.41) is 6.14. The highest BCUT2D eigenvalue weighted by molar-refractivity contribution is 5.98. The van der Waals surface area contributed by atoms with Gasteiger partial charge in [-0.25, -0.2) is 0 Å². The molecule has 1 aromatic carbocycles. The van der Waals surface area contributed by atoms with E-state index in [0.717, 1.165) is 44.2 Å². The first-order valence-corrected chi connectivity index (χ1v) is 9.69. The van der Waals surface area contributed by atoms with E-state index in [4.69, 9.17) is 14.2 Å². The molecule has 3 aliphatic rings. The molecule has 9 heteroatoms. The third-order valence-electron chi connectivity index (χ3n) is 5.30. The number of carbonyl (C=O) groups excluding carboxylic acids is 2. The lowest BCUT2D eigenvalue weighted by molar-refractivity contribution is -0.154. The van der Waals surface area contributed by atoms with Crippen molar-refractivity contribution in [1.82, 2.24) is 20.4 Å². The van der Waals surface area contributed by atoms with Crippen molar-refractivity contribution in [2.24, 2.45) is 5.92 Å². The molecule has 1 aromatic rings. The second kappa shape index (κ2) is 8.34. The number of rotatable bonds is 5. The van der Waals surface area contributed by atoms with E-state index in [0.29, 0.717) is 6.54 Å². The Morgan fingerprint density at radius 1 is 1.21 bits per heavy atom. The first-order valence-electron chi connectivity index (χ1n) is 9.69. The summed E-state index contributed by atoms with van der Waals surface area (Å²) >= 11 is 0. The molecule has 2 saturated heterocycles. The maximum atomic E-state index is 12.3. The van der Waals surface area contributed by atoms with Crippen molar-refractivity contribution in [3.05, 3.63) is 23.8 Å². The third kappa shape index (κ3) is 4.06. The summed E-state index contributed by atoms with van der Waals surface area (Å²) in [5.74, 6) is 0.0863. The monoisotopic (exact) mass is 390 g/mol. The second-order valence-electron chi connectivity index (χ2n) is 7.12. The number of benzene rings is 1. The van der Waals surface area contributed by atoms with Crippen molar-refractivity contribution in [2.75, 3.05) is 46.1 Å². The minimum atomic E-state index is -0.775. The first-order chi connectivity index (χ1) is 13.6. The first kappa shape index (κ1) is 19.0. The predicted molar refractivity (Wildman–Crippen MR) is 99.5 cm³/mol. The van der Waals surface area contributed by atoms with Crippen molar-refractivity contribution in [2.45, 2.75) is 19.8 Å². The highest BCUT2D eigenvalue weighted by atomic mass is 16.7. The number of esters is 1. The van der Waals surface area contributed by atoms with Crippen molar-refractivity contribution < 1.29 is 23.8 Å². The van der Waals surface area contributed by atoms with Crippen LogP contribution in [-0.2, 0) is 20.9 Å². The molecule has 2 atom stereocenters. The number of amides is 1. The molecule has 0 bridgehead atoms. The fourth-order valence-corrected chi connectivity index (χ4v) is 3.74. The molecule has 152 valence electrons. The molecule has 3 aliphatic heterocycles. The lowest BCUT2D eigenvalue weighted by Gasteiger charge is -2.42. The summed E-state index contributed by atoms with van der Waals surface area (Å²) in [6.45, 7) is 6.88. The highest BCUT2D eigenvalue weighted by Gasteiger charge is 2.36. The largest absolute Gasteiger partial charge is 0.465 e. The lowest BCUT2D eigenvalue weighted by atomic mass is 10.1. The van der Waals surface area contributed by atoms with Gasteiger partial charge in [-0.15, -0.1) is 0 Å². The van der Waals surface area contributed by atoms with E-state index in [2.05, 4.69) is 26.5 Å². The molecule has 3 heterocycles. The summed E-state index contributed by atoms with van der Waals surface area (Å²) in [4.78, 5) is 28.6. The van der Waals surface area contributed by atoms with Crippen molar-refractivity contribution in [3.8, 4) is 11.5 Å². The average Bonchev–Trinajstić information content (AvgIpc) is 3.16. The van der Waals surface area contributed by atoms with Gasteiger partial charge < -0.3 is 19.5 Å². The fourth-order valence-electron chi connectivity index (χ4n) is 3.74. The van der Waals surface area contributed by atoms with E-state index >= 15 is 0 Å². The van der Waals surface area contributed by atoms with Crippen LogP contribution in [0.2, 0.25) is 0 Å². The van der Waals surface area contributed by atoms with Crippen molar-refractivity contribution in [1.29, 1.82) is 0 Å². The fraction of sp³-hybridized carbons (Fsp3) is 0.579. The van der Waals surface area contributed by atoms with Gasteiger partial charge in [0.25, 0.3) is 0 Å². The molecule has 0 aliphatic carbocycles. The van der Waals surface area contributed by atoms with E-state index in [-0.39, 0.29) is 25.6 Å². The Bertz CT molecular complexity index is 735. The highest BCUT2D eigenvalue weighted by Crippen LogP contribution is 2.32. The number of nitrogens with one attached hydrogen (secondary N) is 2. The summed E-state index contributed by atoms with van der Waals surface area (Å²) in [6, 6.07) is 6.06. The van der Waals surface area contributed by atoms with Crippen molar-refractivity contribution >= 4 is 11.9 Å². The van der Waals surface area contributed by atoms with Gasteiger partial charge in [0.1, 0.15) is 12.2 Å². The maximum absolute atomic E-state index is 12.3. The molecular weight excluding hydrogens is 364 g/mol. The van der Waals surface area contributed by atoms with Crippen LogP contribution < -0.4 is 20.1 Å². The predicted octanol–water partition coefficient (Wildman–Crippen LogP) is -0.285. The molecule has 0 radical (unpaired) electrons. The number of piperazine rings is 1. The number of hydrogen-bond donors (Lipinski definition) is 2. The van der Waals surface area contributed by atoms with Crippen LogP contribution in [0.5, 0.6) is 11.5 Å². The molecule has 9 nitrogen and oxygen atoms in total. The van der Waals surface area contributed by atoms with Gasteiger partial charge in [0.05, 0.1) is 6.61 Å². The summed E-state index contributed by atoms with van der Waals surface area (Å²) in [7, 11) is 0. The van der Waals surface area contributed by atoms with Crippen LogP contribution in [0.4, 0.5) is 0 Å². The SMILES string of the molecule is CCOC(=O)C1CNC(N2CCN(Cc3ccc4c(c3)OCO4)CC2)NC1=O. The van der Waals surface area contributed by atoms with Crippen LogP contribution in [0.15, 0.2) is 18.2 Å². The number of ether oxygens (including phenoxy) is 3. The van der Waals surface area contributed by atoms with Crippen LogP contribution in [0.3, 0.4) is 0 Å². The van der Waals surface area contributed by atoms with E-state index in [1.54, 1.807) is 6.92 Å². The molecular formula is C19H26N4O5. The quantitative estimate of drug-likeness (QED) is 0.524. The minimum Gasteiger partial charge on any atom is -0.465 e. The summed E-state index contributed by atoms with van der Waals surface area (Å²) in [5.41, 5.74) is 1.19. The normalized spacial score (nSPS) is 25.4. The minimum absolute atomic E-state index is 0.245. The number of nitrogens with zero attached hydrogens (tertiary/aromatic N) is 2. The second-order valence-corrected chi connectivity index (χ2v) is 7.12. The van der Waals surface area contributed by atoms with Gasteiger partial charge in [0.15, 0.2) is 11.5 Å². The molecule has 0 aromatic heterocycles. The Labute approximate surface area is 163 Å². The van der Waals surface area contributed by atoms with Gasteiger partial charge in [-0.1, -0.05) is 6.07 Å². The number of hydrogen-bond acceptors (Lipinski definition) is 8. The Morgan fingerprint density at radius 3 is 2.75 bits per heavy atom. The molecule has 2 N–H and O–H groups in total. The smallest absolute Gasteiger partial charge is 0.319 e. The standard InChI is InChI=1S/C19H26N4O5/c1-2-26-18(25)14-10-20-19(21-17(14)24)23-7-5-22(6-8-23)11-13-3-4-15-16(9-13)28-12-27-15/h3-4,9,14,19-20H,2,5-8,10-12H2,1H3,(H,21,24). The van der Waals surface area contributed by atoms with Gasteiger partial charge in [0, 0.05) is 39.3 Å². The van der Waals surface area contributed by atoms with Crippen LogP contribution in [-0.4, -0.2) is 74.1 Å². The van der Waals surface area contributed by atoms with E-state index in [9.17, 15) is 9.59 Å². The third-order valence-corrected chi connectivity index (χ3v) is 5.30. The van der Waals surface area contributed by atoms with Crippen LogP contribution in [0.25, 0.3) is 0 Å². The van der Waals surface area contributed by atoms with E-state index in [1.807, 2.05) is 12.1 Å². The zero-order valence-corrected chi connectivity index (χ0v) is 16.0. The summed E-state index contributed by atoms with van der Waals surface area (Å²) in [6.07, 6.45) is -0.245. The van der Waals surface area contributed by atoms with E-state index in [1.165, 1.54) is 5.56 Å². The topological polar surface area (TPSA) is 92.4 Å². The van der Waals surface area contributed by atoms with Gasteiger partial charge in [-0.2, -0.15) is 0 Å². The van der Waals surface area contributed by atoms with Crippen LogP contribution in [0.1, 0.15) is 12.5 Å². The van der Waals surface area contributed by atoms with Crippen LogP contribution >= 0.6 is 0 Å². The lowest BCUT2D eigenvalue weighted by Crippen LogP contribution is -2.67. The maximum Gasteiger partial charge on any atom is 0.319 e. The molecule has 0 spiro atoms. The average molecular weight is 390 g/mol. The molecule has 1 amide bonds. The molecule has 4 rings (SSSR count). The van der Waals surface area contributed by atoms with E-state index < -0.39 is 11.9 Å². The zero-order chi connectivity index (χ0) is 19.5. The zero-order valence-electron chi connectivity index (χ0n) is 16.0. The molecule has 2 unspecified atom stereocenters. The Morgan fingerprint density at radius 2 is 2.00 bits per heavy atom. The summed E-state index contributed by atoms with van der Waals surface area (Å²) < 4.78 is 15.8. The number of carbonyl (C=O) groups is 2. The molecule has 0 saturated carbocycles. The Hall–Kier alpha value is -2.36. The van der Waals surface area contributed by atoms with Crippen LogP contribution in [0, 0.1) is 5.92 Å². The van der Waals surface area contributed by atoms with Gasteiger partial charge >= 0.3 is 5.97 Å². The van der Waals surface area contributed by atoms with Gasteiger partial charge in [-0.3, -0.25) is 24.7 Å². The van der Waals surface area contributed by atoms with Crippen molar-refractivity contribution in [3.63, 3.8) is 0 Å². The van der Waals surface area contributed by atoms with Gasteiger partial charge in [-0.05, 0) is 24.6 Å². The Balaban J connectivity index is 1.25. The number of fused-ring (bicyclic) bond motifs is 1. The molecule has 28 heavy (non-hydrogen) atoms. The molecule has 2 fully saturated rings. The Kier molecular flexibility index (Phi) is 5.65. The van der Waals surface area contributed by atoms with Gasteiger partial charge in [0.2, 0.25) is 12.7 Å².